The Kier molecular flexibility index (Phi) is 2.75. The molecule has 0 saturated heterocycles. The van der Waals surface area contributed by atoms with Gasteiger partial charge in [-0.15, -0.1) is 0 Å². The van der Waals surface area contributed by atoms with Gasteiger partial charge >= 0.3 is 0 Å². The van der Waals surface area contributed by atoms with Crippen LogP contribution in [0.15, 0.2) is 30.5 Å². The minimum Gasteiger partial charge on any atom is -0.476 e. The quantitative estimate of drug-likeness (QED) is 0.808. The maximum Gasteiger partial charge on any atom is 0.237 e. The summed E-state index contributed by atoms with van der Waals surface area (Å²) in [5.74, 6) is 2.31. The largest absolute Gasteiger partial charge is 0.476 e. The first kappa shape index (κ1) is 10.6. The Morgan fingerprint density at radius 1 is 1.53 bits per heavy atom. The topological polar surface area (TPSA) is 34.1 Å². The van der Waals surface area contributed by atoms with Crippen molar-refractivity contribution in [2.45, 2.75) is 25.8 Å². The second-order valence-corrected chi connectivity index (χ2v) is 4.78. The Morgan fingerprint density at radius 3 is 3.29 bits per heavy atom. The van der Waals surface area contributed by atoms with Gasteiger partial charge in [0.05, 0.1) is 12.3 Å². The number of rotatable bonds is 4. The second-order valence-electron chi connectivity index (χ2n) is 4.78. The van der Waals surface area contributed by atoms with Crippen molar-refractivity contribution < 1.29 is 4.74 Å². The van der Waals surface area contributed by atoms with Crippen LogP contribution >= 0.6 is 0 Å². The number of pyridine rings is 1. The number of ether oxygens (including phenoxy) is 1. The molecule has 1 saturated carbocycles. The summed E-state index contributed by atoms with van der Waals surface area (Å²) in [7, 11) is 0. The van der Waals surface area contributed by atoms with Crippen LogP contribution in [0.3, 0.4) is 0 Å². The van der Waals surface area contributed by atoms with Gasteiger partial charge < -0.3 is 10.1 Å². The van der Waals surface area contributed by atoms with Crippen LogP contribution in [0, 0.1) is 11.8 Å². The summed E-state index contributed by atoms with van der Waals surface area (Å²) in [6.45, 7) is 2.64. The van der Waals surface area contributed by atoms with Crippen LogP contribution in [0.4, 0.5) is 5.69 Å². The first-order valence-electron chi connectivity index (χ1n) is 6.39. The van der Waals surface area contributed by atoms with E-state index in [2.05, 4.69) is 22.5 Å². The highest BCUT2D eigenvalue weighted by molar-refractivity contribution is 5.53. The van der Waals surface area contributed by atoms with E-state index < -0.39 is 0 Å². The Balaban J connectivity index is 1.70. The van der Waals surface area contributed by atoms with Crippen LogP contribution < -0.4 is 10.1 Å². The highest BCUT2D eigenvalue weighted by Crippen LogP contribution is 2.44. The summed E-state index contributed by atoms with van der Waals surface area (Å²) in [5.41, 5.74) is 1.03. The number of nitrogens with zero attached hydrogens (tertiary/aromatic N) is 1. The first-order chi connectivity index (χ1) is 8.38. The molecule has 17 heavy (non-hydrogen) atoms. The number of fused-ring (bicyclic) bond motifs is 1. The average molecular weight is 230 g/mol. The Morgan fingerprint density at radius 2 is 2.47 bits per heavy atom. The summed E-state index contributed by atoms with van der Waals surface area (Å²) in [5, 5.41) is 3.56. The molecule has 1 fully saturated rings. The lowest BCUT2D eigenvalue weighted by atomic mass is 9.71. The molecule has 1 N–H and O–H groups in total. The fourth-order valence-corrected chi connectivity index (χ4v) is 2.84. The van der Waals surface area contributed by atoms with Crippen LogP contribution in [0.5, 0.6) is 5.88 Å². The number of anilines is 1. The van der Waals surface area contributed by atoms with Gasteiger partial charge in [0.2, 0.25) is 5.88 Å². The summed E-state index contributed by atoms with van der Waals surface area (Å²) in [6.07, 6.45) is 8.95. The van der Waals surface area contributed by atoms with Crippen LogP contribution in [-0.2, 0) is 0 Å². The van der Waals surface area contributed by atoms with Gasteiger partial charge in [0.1, 0.15) is 0 Å². The Hall–Kier alpha value is -1.51. The molecule has 3 nitrogen and oxygen atoms in total. The molecule has 2 aliphatic carbocycles. The summed E-state index contributed by atoms with van der Waals surface area (Å²) >= 11 is 0. The van der Waals surface area contributed by atoms with Crippen molar-refractivity contribution in [1.82, 2.24) is 4.98 Å². The number of nitrogens with one attached hydrogen (secondary N) is 1. The maximum atomic E-state index is 5.53. The van der Waals surface area contributed by atoms with Crippen molar-refractivity contribution in [3.63, 3.8) is 0 Å². The van der Waals surface area contributed by atoms with E-state index in [1.807, 2.05) is 19.1 Å². The number of hydrogen-bond donors (Lipinski definition) is 1. The van der Waals surface area contributed by atoms with Crippen LogP contribution in [0.25, 0.3) is 0 Å². The zero-order chi connectivity index (χ0) is 11.7. The summed E-state index contributed by atoms with van der Waals surface area (Å²) in [6, 6.07) is 4.55. The molecule has 3 unspecified atom stereocenters. The summed E-state index contributed by atoms with van der Waals surface area (Å²) < 4.78 is 5.53. The molecular formula is C14H18N2O. The van der Waals surface area contributed by atoms with Gasteiger partial charge in [-0.2, -0.15) is 0 Å². The van der Waals surface area contributed by atoms with Gasteiger partial charge in [-0.3, -0.25) is 0 Å². The predicted molar refractivity (Wildman–Crippen MR) is 68.2 cm³/mol. The molecule has 90 valence electrons. The van der Waals surface area contributed by atoms with Crippen molar-refractivity contribution in [1.29, 1.82) is 0 Å². The van der Waals surface area contributed by atoms with Crippen molar-refractivity contribution in [2.24, 2.45) is 11.8 Å². The first-order valence-corrected chi connectivity index (χ1v) is 6.39. The third kappa shape index (κ3) is 1.90. The van der Waals surface area contributed by atoms with Gasteiger partial charge in [-0.05, 0) is 37.8 Å². The SMILES string of the molecule is CCOc1ncccc1NC1CC2CC=CC21. The minimum atomic E-state index is 0.558. The smallest absolute Gasteiger partial charge is 0.237 e. The van der Waals surface area contributed by atoms with Gasteiger partial charge in [0.15, 0.2) is 0 Å². The zero-order valence-electron chi connectivity index (χ0n) is 10.1. The number of allylic oxidation sites excluding steroid dienone is 1. The third-order valence-corrected chi connectivity index (χ3v) is 3.76. The van der Waals surface area contributed by atoms with E-state index in [0.717, 1.165) is 17.5 Å². The van der Waals surface area contributed by atoms with Crippen LogP contribution in [0.2, 0.25) is 0 Å². The van der Waals surface area contributed by atoms with Gasteiger partial charge in [-0.1, -0.05) is 12.2 Å². The minimum absolute atomic E-state index is 0.558. The second kappa shape index (κ2) is 4.40. The molecule has 0 aliphatic heterocycles. The van der Waals surface area contributed by atoms with E-state index in [-0.39, 0.29) is 0 Å². The number of aromatic nitrogens is 1. The van der Waals surface area contributed by atoms with Crippen LogP contribution in [-0.4, -0.2) is 17.6 Å². The molecule has 3 rings (SSSR count). The molecule has 0 aromatic carbocycles. The normalized spacial score (nSPS) is 29.6. The van der Waals surface area contributed by atoms with E-state index in [1.54, 1.807) is 6.20 Å². The molecule has 0 amide bonds. The van der Waals surface area contributed by atoms with E-state index in [0.29, 0.717) is 18.6 Å². The highest BCUT2D eigenvalue weighted by Gasteiger charge is 2.41. The Bertz CT molecular complexity index is 430. The van der Waals surface area contributed by atoms with E-state index in [1.165, 1.54) is 12.8 Å². The maximum absolute atomic E-state index is 5.53. The van der Waals surface area contributed by atoms with Crippen molar-refractivity contribution in [2.75, 3.05) is 11.9 Å². The average Bonchev–Trinajstić information content (AvgIpc) is 2.70. The van der Waals surface area contributed by atoms with E-state index in [4.69, 9.17) is 4.74 Å². The fourth-order valence-electron chi connectivity index (χ4n) is 2.84. The van der Waals surface area contributed by atoms with Crippen LogP contribution in [0.1, 0.15) is 19.8 Å². The summed E-state index contributed by atoms with van der Waals surface area (Å²) in [4.78, 5) is 4.26. The zero-order valence-corrected chi connectivity index (χ0v) is 10.1. The van der Waals surface area contributed by atoms with E-state index in [9.17, 15) is 0 Å². The van der Waals surface area contributed by atoms with E-state index >= 15 is 0 Å². The molecule has 0 spiro atoms. The lowest BCUT2D eigenvalue weighted by Gasteiger charge is -2.41. The molecule has 0 bridgehead atoms. The lowest BCUT2D eigenvalue weighted by molar-refractivity contribution is 0.217. The third-order valence-electron chi connectivity index (χ3n) is 3.76. The van der Waals surface area contributed by atoms with Crippen molar-refractivity contribution >= 4 is 5.69 Å². The monoisotopic (exact) mass is 230 g/mol. The van der Waals surface area contributed by atoms with Crippen molar-refractivity contribution in [3.05, 3.63) is 30.5 Å². The molecular weight excluding hydrogens is 212 g/mol. The van der Waals surface area contributed by atoms with Gasteiger partial charge in [0, 0.05) is 18.2 Å². The van der Waals surface area contributed by atoms with Gasteiger partial charge in [0.25, 0.3) is 0 Å². The standard InChI is InChI=1S/C14H18N2O/c1-2-17-14-12(7-4-8-15-14)16-13-9-10-5-3-6-11(10)13/h3-4,6-8,10-11,13,16H,2,5,9H2,1H3. The molecule has 1 heterocycles. The van der Waals surface area contributed by atoms with Crippen molar-refractivity contribution in [3.8, 4) is 5.88 Å². The highest BCUT2D eigenvalue weighted by atomic mass is 16.5. The molecule has 2 aliphatic rings. The van der Waals surface area contributed by atoms with Gasteiger partial charge in [-0.25, -0.2) is 4.98 Å². The lowest BCUT2D eigenvalue weighted by Crippen LogP contribution is -2.43. The molecule has 0 radical (unpaired) electrons. The molecule has 3 atom stereocenters. The number of hydrogen-bond acceptors (Lipinski definition) is 3. The fraction of sp³-hybridized carbons (Fsp3) is 0.500. The molecule has 3 heteroatoms. The molecule has 1 aromatic rings. The predicted octanol–water partition coefficient (Wildman–Crippen LogP) is 2.86. The molecule has 1 aromatic heterocycles. The Labute approximate surface area is 102 Å².